The lowest BCUT2D eigenvalue weighted by molar-refractivity contribution is 0.261. The van der Waals surface area contributed by atoms with Gasteiger partial charge in [0.1, 0.15) is 11.5 Å². The number of urea groups is 2. The van der Waals surface area contributed by atoms with Gasteiger partial charge >= 0.3 is 12.1 Å². The molecule has 8 nitrogen and oxygen atoms in total. The molecule has 3 aromatic carbocycles. The molecule has 0 aliphatic heterocycles. The number of benzene rings is 3. The summed E-state index contributed by atoms with van der Waals surface area (Å²) < 4.78 is 10.5. The molecule has 0 saturated carbocycles. The molecule has 0 saturated heterocycles. The summed E-state index contributed by atoms with van der Waals surface area (Å²) in [7, 11) is 3.07. The Balaban J connectivity index is 1.67. The van der Waals surface area contributed by atoms with Crippen LogP contribution in [0.25, 0.3) is 0 Å². The largest absolute Gasteiger partial charge is 0.495 e. The van der Waals surface area contributed by atoms with Crippen LogP contribution < -0.4 is 30.7 Å². The molecular weight excluding hydrogens is 396 g/mol. The monoisotopic (exact) mass is 420 g/mol. The number of anilines is 4. The van der Waals surface area contributed by atoms with Crippen molar-refractivity contribution >= 4 is 34.8 Å². The van der Waals surface area contributed by atoms with Gasteiger partial charge in [-0.1, -0.05) is 30.3 Å². The van der Waals surface area contributed by atoms with Crippen molar-refractivity contribution in [3.63, 3.8) is 0 Å². The third-order valence-corrected chi connectivity index (χ3v) is 4.45. The molecular formula is C23H24N4O4. The predicted molar refractivity (Wildman–Crippen MR) is 122 cm³/mol. The molecule has 0 spiro atoms. The molecule has 4 amide bonds. The van der Waals surface area contributed by atoms with Crippen molar-refractivity contribution in [2.75, 3.05) is 35.5 Å². The Morgan fingerprint density at radius 2 is 1.13 bits per heavy atom. The standard InChI is InChI=1S/C23H24N4O4/c1-15-12-13-16(24-22(28)25-17-8-4-6-10-20(17)30-2)14-19(15)27-23(29)26-18-9-5-7-11-21(18)31-3/h4-14H,1-3H3,(H2,24,25,28)(H2,26,27,29). The van der Waals surface area contributed by atoms with Crippen molar-refractivity contribution in [3.05, 3.63) is 72.3 Å². The molecule has 3 aromatic rings. The topological polar surface area (TPSA) is 101 Å². The van der Waals surface area contributed by atoms with E-state index in [2.05, 4.69) is 21.3 Å². The summed E-state index contributed by atoms with van der Waals surface area (Å²) >= 11 is 0. The molecule has 0 radical (unpaired) electrons. The molecule has 3 rings (SSSR count). The fourth-order valence-corrected chi connectivity index (χ4v) is 2.89. The van der Waals surface area contributed by atoms with Gasteiger partial charge in [-0.3, -0.25) is 0 Å². The highest BCUT2D eigenvalue weighted by atomic mass is 16.5. The molecule has 0 bridgehead atoms. The van der Waals surface area contributed by atoms with E-state index in [4.69, 9.17) is 9.47 Å². The van der Waals surface area contributed by atoms with Crippen LogP contribution in [-0.4, -0.2) is 26.3 Å². The maximum Gasteiger partial charge on any atom is 0.323 e. The zero-order valence-corrected chi connectivity index (χ0v) is 17.5. The van der Waals surface area contributed by atoms with Crippen molar-refractivity contribution in [3.8, 4) is 11.5 Å². The smallest absolute Gasteiger partial charge is 0.323 e. The summed E-state index contributed by atoms with van der Waals surface area (Å²) in [6, 6.07) is 18.6. The molecule has 4 N–H and O–H groups in total. The molecule has 0 atom stereocenters. The molecule has 0 aliphatic rings. The zero-order chi connectivity index (χ0) is 22.2. The third-order valence-electron chi connectivity index (χ3n) is 4.45. The number of nitrogens with one attached hydrogen (secondary N) is 4. The summed E-state index contributed by atoms with van der Waals surface area (Å²) in [4.78, 5) is 24.8. The van der Waals surface area contributed by atoms with Crippen LogP contribution in [0, 0.1) is 6.92 Å². The SMILES string of the molecule is COc1ccccc1NC(=O)Nc1ccc(C)c(NC(=O)Nc2ccccc2OC)c1. The van der Waals surface area contributed by atoms with Crippen molar-refractivity contribution < 1.29 is 19.1 Å². The number of rotatable bonds is 6. The summed E-state index contributed by atoms with van der Waals surface area (Å²) in [6.45, 7) is 1.86. The normalized spacial score (nSPS) is 10.0. The maximum absolute atomic E-state index is 12.5. The summed E-state index contributed by atoms with van der Waals surface area (Å²) in [5.74, 6) is 1.11. The second-order valence-corrected chi connectivity index (χ2v) is 6.59. The van der Waals surface area contributed by atoms with Gasteiger partial charge in [0, 0.05) is 11.4 Å². The minimum atomic E-state index is -0.433. The lowest BCUT2D eigenvalue weighted by Crippen LogP contribution is -2.21. The van der Waals surface area contributed by atoms with Crippen LogP contribution in [0.1, 0.15) is 5.56 Å². The number of hydrogen-bond acceptors (Lipinski definition) is 4. The highest BCUT2D eigenvalue weighted by molar-refractivity contribution is 6.03. The molecule has 0 unspecified atom stereocenters. The van der Waals surface area contributed by atoms with Crippen LogP contribution in [0.15, 0.2) is 66.7 Å². The van der Waals surface area contributed by atoms with Gasteiger partial charge in [0.05, 0.1) is 25.6 Å². The van der Waals surface area contributed by atoms with Crippen molar-refractivity contribution in [2.24, 2.45) is 0 Å². The van der Waals surface area contributed by atoms with E-state index in [-0.39, 0.29) is 0 Å². The second-order valence-electron chi connectivity index (χ2n) is 6.59. The van der Waals surface area contributed by atoms with E-state index < -0.39 is 12.1 Å². The lowest BCUT2D eigenvalue weighted by atomic mass is 10.2. The molecule has 160 valence electrons. The molecule has 0 fully saturated rings. The fraction of sp³-hybridized carbons (Fsp3) is 0.130. The van der Waals surface area contributed by atoms with Crippen LogP contribution in [0.2, 0.25) is 0 Å². The van der Waals surface area contributed by atoms with Crippen LogP contribution >= 0.6 is 0 Å². The Bertz CT molecular complexity index is 1080. The van der Waals surface area contributed by atoms with E-state index in [1.165, 1.54) is 14.2 Å². The van der Waals surface area contributed by atoms with E-state index in [1.807, 2.05) is 19.1 Å². The van der Waals surface area contributed by atoms with Gasteiger partial charge < -0.3 is 30.7 Å². The van der Waals surface area contributed by atoms with Gasteiger partial charge in [-0.2, -0.15) is 0 Å². The Morgan fingerprint density at radius 1 is 0.645 bits per heavy atom. The van der Waals surface area contributed by atoms with Gasteiger partial charge in [0.15, 0.2) is 0 Å². The molecule has 0 aliphatic carbocycles. The van der Waals surface area contributed by atoms with Crippen LogP contribution in [0.5, 0.6) is 11.5 Å². The predicted octanol–water partition coefficient (Wildman–Crippen LogP) is 5.30. The molecule has 0 aromatic heterocycles. The van der Waals surface area contributed by atoms with Gasteiger partial charge in [0.25, 0.3) is 0 Å². The van der Waals surface area contributed by atoms with E-state index in [1.54, 1.807) is 54.6 Å². The molecule has 0 heterocycles. The highest BCUT2D eigenvalue weighted by Crippen LogP contribution is 2.26. The quantitative estimate of drug-likeness (QED) is 0.435. The molecule has 8 heteroatoms. The van der Waals surface area contributed by atoms with E-state index in [0.29, 0.717) is 34.2 Å². The summed E-state index contributed by atoms with van der Waals surface area (Å²) in [6.07, 6.45) is 0. The van der Waals surface area contributed by atoms with Crippen LogP contribution in [0.4, 0.5) is 32.3 Å². The highest BCUT2D eigenvalue weighted by Gasteiger charge is 2.11. The number of methoxy groups -OCH3 is 2. The van der Waals surface area contributed by atoms with Crippen LogP contribution in [0.3, 0.4) is 0 Å². The number of ether oxygens (including phenoxy) is 2. The zero-order valence-electron chi connectivity index (χ0n) is 17.5. The minimum Gasteiger partial charge on any atom is -0.495 e. The summed E-state index contributed by atoms with van der Waals surface area (Å²) in [5, 5.41) is 11.0. The van der Waals surface area contributed by atoms with Gasteiger partial charge in [-0.25, -0.2) is 9.59 Å². The molecule has 31 heavy (non-hydrogen) atoms. The number of carbonyl (C=O) groups is 2. The first-order valence-electron chi connectivity index (χ1n) is 9.53. The van der Waals surface area contributed by atoms with E-state index in [0.717, 1.165) is 5.56 Å². The Hall–Kier alpha value is -4.20. The Kier molecular flexibility index (Phi) is 6.95. The number of carbonyl (C=O) groups excluding carboxylic acids is 2. The Labute approximate surface area is 180 Å². The second kappa shape index (κ2) is 10.0. The van der Waals surface area contributed by atoms with Gasteiger partial charge in [-0.05, 0) is 48.9 Å². The number of para-hydroxylation sites is 4. The third kappa shape index (κ3) is 5.66. The number of amides is 4. The summed E-state index contributed by atoms with van der Waals surface area (Å²) in [5.41, 5.74) is 3.01. The van der Waals surface area contributed by atoms with Crippen LogP contribution in [-0.2, 0) is 0 Å². The first kappa shape index (κ1) is 21.5. The minimum absolute atomic E-state index is 0.428. The van der Waals surface area contributed by atoms with Crippen molar-refractivity contribution in [1.82, 2.24) is 0 Å². The number of aryl methyl sites for hydroxylation is 1. The maximum atomic E-state index is 12.5. The fourth-order valence-electron chi connectivity index (χ4n) is 2.89. The van der Waals surface area contributed by atoms with E-state index >= 15 is 0 Å². The van der Waals surface area contributed by atoms with Gasteiger partial charge in [0.2, 0.25) is 0 Å². The number of hydrogen-bond donors (Lipinski definition) is 4. The lowest BCUT2D eigenvalue weighted by Gasteiger charge is -2.14. The van der Waals surface area contributed by atoms with Gasteiger partial charge in [-0.15, -0.1) is 0 Å². The average molecular weight is 420 g/mol. The van der Waals surface area contributed by atoms with E-state index in [9.17, 15) is 9.59 Å². The first-order chi connectivity index (χ1) is 15.0. The van der Waals surface area contributed by atoms with Crippen molar-refractivity contribution in [1.29, 1.82) is 0 Å². The average Bonchev–Trinajstić information content (AvgIpc) is 2.76. The first-order valence-corrected chi connectivity index (χ1v) is 9.53. The van der Waals surface area contributed by atoms with Crippen molar-refractivity contribution in [2.45, 2.75) is 6.92 Å². The Morgan fingerprint density at radius 3 is 1.68 bits per heavy atom.